The van der Waals surface area contributed by atoms with Crippen LogP contribution in [0.1, 0.15) is 58.3 Å². The molecule has 116 valence electrons. The number of hydrogen-bond donors (Lipinski definition) is 2. The van der Waals surface area contributed by atoms with Gasteiger partial charge in [-0.25, -0.2) is 0 Å². The summed E-state index contributed by atoms with van der Waals surface area (Å²) >= 11 is 0. The zero-order chi connectivity index (χ0) is 14.8. The van der Waals surface area contributed by atoms with Crippen molar-refractivity contribution >= 4 is 5.97 Å². The van der Waals surface area contributed by atoms with Gasteiger partial charge in [0.25, 0.3) is 0 Å². The lowest BCUT2D eigenvalue weighted by Crippen LogP contribution is -2.50. The van der Waals surface area contributed by atoms with Gasteiger partial charge in [0, 0.05) is 12.1 Å². The molecule has 0 heterocycles. The van der Waals surface area contributed by atoms with Crippen molar-refractivity contribution in [2.24, 2.45) is 5.92 Å². The molecule has 4 nitrogen and oxygen atoms in total. The van der Waals surface area contributed by atoms with E-state index in [1.807, 2.05) is 0 Å². The highest BCUT2D eigenvalue weighted by molar-refractivity contribution is 5.79. The van der Waals surface area contributed by atoms with Crippen LogP contribution in [0.4, 0.5) is 0 Å². The lowest BCUT2D eigenvalue weighted by molar-refractivity contribution is -0.144. The maximum atomic E-state index is 11.5. The Morgan fingerprint density at radius 3 is 2.35 bits per heavy atom. The van der Waals surface area contributed by atoms with Crippen LogP contribution in [0.2, 0.25) is 0 Å². The number of rotatable bonds is 5. The molecule has 0 aromatic heterocycles. The molecule has 0 aromatic rings. The van der Waals surface area contributed by atoms with Crippen LogP contribution < -0.4 is 5.32 Å². The van der Waals surface area contributed by atoms with Crippen molar-refractivity contribution < 1.29 is 9.90 Å². The Labute approximate surface area is 122 Å². The second-order valence-electron chi connectivity index (χ2n) is 6.78. The third kappa shape index (κ3) is 3.01. The van der Waals surface area contributed by atoms with Crippen LogP contribution in [0.15, 0.2) is 0 Å². The number of nitrogens with one attached hydrogen (secondary N) is 1. The van der Waals surface area contributed by atoms with Crippen molar-refractivity contribution in [3.8, 4) is 0 Å². The fourth-order valence-corrected chi connectivity index (χ4v) is 4.15. The van der Waals surface area contributed by atoms with Gasteiger partial charge >= 0.3 is 5.97 Å². The molecule has 2 fully saturated rings. The van der Waals surface area contributed by atoms with Gasteiger partial charge in [-0.05, 0) is 65.0 Å². The highest BCUT2D eigenvalue weighted by Gasteiger charge is 2.46. The second kappa shape index (κ2) is 6.44. The lowest BCUT2D eigenvalue weighted by atomic mass is 9.83. The molecule has 0 aromatic carbocycles. The van der Waals surface area contributed by atoms with Crippen molar-refractivity contribution in [2.75, 3.05) is 14.1 Å². The summed E-state index contributed by atoms with van der Waals surface area (Å²) in [5.74, 6) is 0.226. The molecule has 0 aliphatic heterocycles. The van der Waals surface area contributed by atoms with Crippen molar-refractivity contribution in [3.05, 3.63) is 0 Å². The van der Waals surface area contributed by atoms with E-state index in [1.165, 1.54) is 32.1 Å². The van der Waals surface area contributed by atoms with Crippen LogP contribution in [0.25, 0.3) is 0 Å². The van der Waals surface area contributed by atoms with Gasteiger partial charge in [-0.3, -0.25) is 4.79 Å². The first-order chi connectivity index (χ1) is 9.52. The number of nitrogens with zero attached hydrogens (tertiary/aromatic N) is 1. The van der Waals surface area contributed by atoms with Gasteiger partial charge in [0.2, 0.25) is 0 Å². The van der Waals surface area contributed by atoms with Gasteiger partial charge < -0.3 is 15.3 Å². The van der Waals surface area contributed by atoms with Crippen molar-refractivity contribution in [1.29, 1.82) is 0 Å². The molecule has 20 heavy (non-hydrogen) atoms. The first-order valence-corrected chi connectivity index (χ1v) is 8.16. The fraction of sp³-hybridized carbons (Fsp3) is 0.938. The zero-order valence-electron chi connectivity index (χ0n) is 13.2. The van der Waals surface area contributed by atoms with Crippen LogP contribution in [-0.2, 0) is 4.79 Å². The molecule has 2 unspecified atom stereocenters. The summed E-state index contributed by atoms with van der Waals surface area (Å²) in [4.78, 5) is 14.0. The first kappa shape index (κ1) is 15.8. The Morgan fingerprint density at radius 1 is 1.25 bits per heavy atom. The molecule has 0 amide bonds. The van der Waals surface area contributed by atoms with Gasteiger partial charge in [0.05, 0.1) is 0 Å². The largest absolute Gasteiger partial charge is 0.480 e. The summed E-state index contributed by atoms with van der Waals surface area (Å²) in [5.41, 5.74) is -0.695. The number of carboxylic acid groups (broad SMARTS) is 1. The van der Waals surface area contributed by atoms with Crippen LogP contribution >= 0.6 is 0 Å². The summed E-state index contributed by atoms with van der Waals surface area (Å²) in [5, 5.41) is 12.5. The second-order valence-corrected chi connectivity index (χ2v) is 6.78. The monoisotopic (exact) mass is 282 g/mol. The normalized spacial score (nSPS) is 38.3. The molecule has 2 aliphatic carbocycles. The predicted molar refractivity (Wildman–Crippen MR) is 80.9 cm³/mol. The molecular formula is C16H30N2O2. The minimum atomic E-state index is -0.695. The number of carboxylic acids is 1. The molecule has 2 rings (SSSR count). The van der Waals surface area contributed by atoms with E-state index in [4.69, 9.17) is 0 Å². The van der Waals surface area contributed by atoms with E-state index in [0.717, 1.165) is 25.2 Å². The summed E-state index contributed by atoms with van der Waals surface area (Å²) in [7, 11) is 3.98. The average Bonchev–Trinajstić information content (AvgIpc) is 2.92. The smallest absolute Gasteiger partial charge is 0.323 e. The van der Waals surface area contributed by atoms with Gasteiger partial charge in [-0.1, -0.05) is 13.3 Å². The quantitative estimate of drug-likeness (QED) is 0.813. The molecular weight excluding hydrogens is 252 g/mol. The van der Waals surface area contributed by atoms with E-state index in [2.05, 4.69) is 24.2 Å². The molecule has 0 saturated heterocycles. The lowest BCUT2D eigenvalue weighted by Gasteiger charge is -2.38. The topological polar surface area (TPSA) is 52.6 Å². The standard InChI is InChI=1S/C16H30N2O2/c1-4-12-5-7-13(8-6-12)18(3)14-9-10-16(11-14,17-2)15(19)20/h12-14,17H,4-11H2,1-3H3,(H,19,20). The molecule has 2 N–H and O–H groups in total. The van der Waals surface area contributed by atoms with Crippen LogP contribution in [0.3, 0.4) is 0 Å². The van der Waals surface area contributed by atoms with E-state index in [1.54, 1.807) is 7.05 Å². The third-order valence-electron chi connectivity index (χ3n) is 5.92. The predicted octanol–water partition coefficient (Wildman–Crippen LogP) is 2.48. The number of carbonyl (C=O) groups is 1. The highest BCUT2D eigenvalue weighted by Crippen LogP contribution is 2.36. The Bertz CT molecular complexity index is 339. The molecule has 0 bridgehead atoms. The Balaban J connectivity index is 1.91. The maximum Gasteiger partial charge on any atom is 0.323 e. The van der Waals surface area contributed by atoms with Crippen LogP contribution in [0.5, 0.6) is 0 Å². The summed E-state index contributed by atoms with van der Waals surface area (Å²) in [6.07, 6.45) is 9.04. The number of hydrogen-bond acceptors (Lipinski definition) is 3. The number of likely N-dealkylation sites (N-methyl/N-ethyl adjacent to an activating group) is 1. The van der Waals surface area contributed by atoms with Crippen molar-refractivity contribution in [1.82, 2.24) is 10.2 Å². The Kier molecular flexibility index (Phi) is 5.08. The van der Waals surface area contributed by atoms with Gasteiger partial charge in [-0.15, -0.1) is 0 Å². The van der Waals surface area contributed by atoms with Gasteiger partial charge in [-0.2, -0.15) is 0 Å². The van der Waals surface area contributed by atoms with E-state index in [-0.39, 0.29) is 0 Å². The van der Waals surface area contributed by atoms with Crippen molar-refractivity contribution in [3.63, 3.8) is 0 Å². The minimum Gasteiger partial charge on any atom is -0.480 e. The summed E-state index contributed by atoms with van der Waals surface area (Å²) < 4.78 is 0. The van der Waals surface area contributed by atoms with Crippen LogP contribution in [-0.4, -0.2) is 47.7 Å². The van der Waals surface area contributed by atoms with Gasteiger partial charge in [0.15, 0.2) is 0 Å². The van der Waals surface area contributed by atoms with E-state index in [0.29, 0.717) is 12.1 Å². The third-order valence-corrected chi connectivity index (χ3v) is 5.92. The van der Waals surface area contributed by atoms with E-state index >= 15 is 0 Å². The summed E-state index contributed by atoms with van der Waals surface area (Å²) in [6, 6.07) is 1.07. The molecule has 0 radical (unpaired) electrons. The molecule has 4 heteroatoms. The molecule has 2 atom stereocenters. The Hall–Kier alpha value is -0.610. The van der Waals surface area contributed by atoms with Gasteiger partial charge in [0.1, 0.15) is 5.54 Å². The minimum absolute atomic E-state index is 0.418. The van der Waals surface area contributed by atoms with E-state index < -0.39 is 11.5 Å². The van der Waals surface area contributed by atoms with Crippen molar-refractivity contribution in [2.45, 2.75) is 75.9 Å². The average molecular weight is 282 g/mol. The highest BCUT2D eigenvalue weighted by atomic mass is 16.4. The molecule has 2 aliphatic rings. The fourth-order valence-electron chi connectivity index (χ4n) is 4.15. The molecule has 0 spiro atoms. The van der Waals surface area contributed by atoms with E-state index in [9.17, 15) is 9.90 Å². The van der Waals surface area contributed by atoms with Crippen LogP contribution in [0, 0.1) is 5.92 Å². The molecule has 2 saturated carbocycles. The zero-order valence-corrected chi connectivity index (χ0v) is 13.2. The first-order valence-electron chi connectivity index (χ1n) is 8.16. The maximum absolute atomic E-state index is 11.5. The number of aliphatic carboxylic acids is 1. The SMILES string of the molecule is CCC1CCC(N(C)C2CCC(NC)(C(=O)O)C2)CC1. The summed E-state index contributed by atoms with van der Waals surface area (Å²) in [6.45, 7) is 2.29. The Morgan fingerprint density at radius 2 is 1.90 bits per heavy atom.